The van der Waals surface area contributed by atoms with E-state index in [2.05, 4.69) is 13.2 Å². The Morgan fingerprint density at radius 2 is 1.33 bits per heavy atom. The smallest absolute Gasteiger partial charge is 0.0138 e. The molecule has 18 heavy (non-hydrogen) atoms. The average molecular weight is 244 g/mol. The lowest BCUT2D eigenvalue weighted by Gasteiger charge is -2.44. The number of hydrogen-bond donors (Lipinski definition) is 0. The van der Waals surface area contributed by atoms with Crippen LogP contribution < -0.4 is 0 Å². The molecule has 0 aliphatic heterocycles. The summed E-state index contributed by atoms with van der Waals surface area (Å²) in [5, 5.41) is 0. The van der Waals surface area contributed by atoms with Crippen LogP contribution in [0.25, 0.3) is 0 Å². The van der Waals surface area contributed by atoms with Crippen molar-refractivity contribution in [2.45, 2.75) is 64.2 Å². The number of rotatable bonds is 1. The molecule has 0 heterocycles. The standard InChI is InChI=1S/C18H28/c1-13-8-9-14(2)18-12-16(10-11-17(13)18)15-6-4-3-5-7-15/h15-18H,1-12H2. The van der Waals surface area contributed by atoms with Gasteiger partial charge < -0.3 is 0 Å². The fraction of sp³-hybridized carbons (Fsp3) is 0.778. The summed E-state index contributed by atoms with van der Waals surface area (Å²) in [6, 6.07) is 0. The topological polar surface area (TPSA) is 0 Å². The molecular weight excluding hydrogens is 216 g/mol. The molecule has 0 saturated heterocycles. The molecule has 100 valence electrons. The summed E-state index contributed by atoms with van der Waals surface area (Å²) in [5.41, 5.74) is 3.09. The van der Waals surface area contributed by atoms with E-state index in [9.17, 15) is 0 Å². The molecule has 3 aliphatic rings. The lowest BCUT2D eigenvalue weighted by molar-refractivity contribution is 0.136. The minimum atomic E-state index is 0.797. The third-order valence-electron chi connectivity index (χ3n) is 6.02. The summed E-state index contributed by atoms with van der Waals surface area (Å²) < 4.78 is 0. The molecule has 0 N–H and O–H groups in total. The highest BCUT2D eigenvalue weighted by molar-refractivity contribution is 5.20. The van der Waals surface area contributed by atoms with Crippen LogP contribution in [0.3, 0.4) is 0 Å². The Balaban J connectivity index is 1.67. The van der Waals surface area contributed by atoms with Gasteiger partial charge in [0.1, 0.15) is 0 Å². The molecule has 0 heteroatoms. The zero-order valence-electron chi connectivity index (χ0n) is 11.8. The monoisotopic (exact) mass is 244 g/mol. The minimum Gasteiger partial charge on any atom is -0.0995 e. The van der Waals surface area contributed by atoms with Crippen molar-refractivity contribution in [2.24, 2.45) is 23.7 Å². The molecule has 0 spiro atoms. The maximum atomic E-state index is 4.37. The van der Waals surface area contributed by atoms with Crippen molar-refractivity contribution in [1.29, 1.82) is 0 Å². The first-order valence-corrected chi connectivity index (χ1v) is 8.11. The van der Waals surface area contributed by atoms with Crippen molar-refractivity contribution in [3.8, 4) is 0 Å². The molecule has 3 saturated carbocycles. The molecule has 3 aliphatic carbocycles. The lowest BCUT2D eigenvalue weighted by Crippen LogP contribution is -2.33. The normalized spacial score (nSPS) is 38.6. The summed E-state index contributed by atoms with van der Waals surface area (Å²) in [7, 11) is 0. The summed E-state index contributed by atoms with van der Waals surface area (Å²) in [4.78, 5) is 0. The summed E-state index contributed by atoms with van der Waals surface area (Å²) in [6.45, 7) is 8.70. The highest BCUT2D eigenvalue weighted by Gasteiger charge is 2.38. The largest absolute Gasteiger partial charge is 0.0995 e. The highest BCUT2D eigenvalue weighted by Crippen LogP contribution is 2.50. The number of hydrogen-bond acceptors (Lipinski definition) is 0. The fourth-order valence-corrected chi connectivity index (χ4v) is 4.87. The van der Waals surface area contributed by atoms with Gasteiger partial charge in [-0.15, -0.1) is 0 Å². The molecule has 0 bridgehead atoms. The van der Waals surface area contributed by atoms with Crippen LogP contribution in [0, 0.1) is 23.7 Å². The van der Waals surface area contributed by atoms with E-state index in [4.69, 9.17) is 0 Å². The first-order valence-electron chi connectivity index (χ1n) is 8.11. The summed E-state index contributed by atoms with van der Waals surface area (Å²) in [5.74, 6) is 3.65. The van der Waals surface area contributed by atoms with Crippen LogP contribution in [-0.4, -0.2) is 0 Å². The van der Waals surface area contributed by atoms with Crippen molar-refractivity contribution in [2.75, 3.05) is 0 Å². The van der Waals surface area contributed by atoms with Crippen LogP contribution in [0.5, 0.6) is 0 Å². The molecule has 0 aromatic heterocycles. The van der Waals surface area contributed by atoms with Crippen molar-refractivity contribution in [3.05, 3.63) is 24.3 Å². The van der Waals surface area contributed by atoms with Crippen LogP contribution in [0.4, 0.5) is 0 Å². The van der Waals surface area contributed by atoms with Gasteiger partial charge in [0, 0.05) is 0 Å². The third-order valence-corrected chi connectivity index (χ3v) is 6.02. The van der Waals surface area contributed by atoms with Crippen molar-refractivity contribution in [1.82, 2.24) is 0 Å². The maximum absolute atomic E-state index is 4.37. The second kappa shape index (κ2) is 5.23. The van der Waals surface area contributed by atoms with Gasteiger partial charge in [-0.2, -0.15) is 0 Å². The van der Waals surface area contributed by atoms with E-state index < -0.39 is 0 Å². The van der Waals surface area contributed by atoms with E-state index in [1.54, 1.807) is 5.57 Å². The third kappa shape index (κ3) is 2.31. The first-order chi connectivity index (χ1) is 8.75. The molecular formula is C18H28. The van der Waals surface area contributed by atoms with Gasteiger partial charge in [-0.05, 0) is 55.8 Å². The van der Waals surface area contributed by atoms with Crippen LogP contribution in [0.1, 0.15) is 64.2 Å². The van der Waals surface area contributed by atoms with E-state index in [0.717, 1.165) is 23.7 Å². The van der Waals surface area contributed by atoms with Crippen LogP contribution in [0.2, 0.25) is 0 Å². The lowest BCUT2D eigenvalue weighted by atomic mass is 9.61. The van der Waals surface area contributed by atoms with Crippen LogP contribution >= 0.6 is 0 Å². The Hall–Kier alpha value is -0.520. The maximum Gasteiger partial charge on any atom is -0.0138 e. The molecule has 3 fully saturated rings. The SMILES string of the molecule is C=C1CCC(=C)C2CC(C3CCCCC3)CCC12. The molecule has 0 radical (unpaired) electrons. The molecule has 0 aromatic rings. The van der Waals surface area contributed by atoms with Crippen LogP contribution in [0.15, 0.2) is 24.3 Å². The van der Waals surface area contributed by atoms with Gasteiger partial charge in [0.05, 0.1) is 0 Å². The predicted molar refractivity (Wildman–Crippen MR) is 78.4 cm³/mol. The van der Waals surface area contributed by atoms with Crippen molar-refractivity contribution < 1.29 is 0 Å². The Morgan fingerprint density at radius 1 is 0.667 bits per heavy atom. The van der Waals surface area contributed by atoms with Gasteiger partial charge in [0.15, 0.2) is 0 Å². The van der Waals surface area contributed by atoms with Crippen LogP contribution in [-0.2, 0) is 0 Å². The zero-order chi connectivity index (χ0) is 12.5. The van der Waals surface area contributed by atoms with E-state index in [0.29, 0.717) is 0 Å². The molecule has 0 aromatic carbocycles. The Kier molecular flexibility index (Phi) is 3.63. The Labute approximate surface area is 113 Å². The molecule has 3 atom stereocenters. The second-order valence-electron chi connectivity index (χ2n) is 7.00. The van der Waals surface area contributed by atoms with E-state index in [1.165, 1.54) is 69.8 Å². The molecule has 0 nitrogen and oxygen atoms in total. The summed E-state index contributed by atoms with van der Waals surface area (Å²) in [6.07, 6.45) is 14.2. The van der Waals surface area contributed by atoms with Crippen molar-refractivity contribution in [3.63, 3.8) is 0 Å². The Morgan fingerprint density at radius 3 is 2.06 bits per heavy atom. The number of fused-ring (bicyclic) bond motifs is 1. The van der Waals surface area contributed by atoms with E-state index in [-0.39, 0.29) is 0 Å². The van der Waals surface area contributed by atoms with Gasteiger partial charge in [-0.1, -0.05) is 56.4 Å². The Bertz CT molecular complexity index is 332. The minimum absolute atomic E-state index is 0.797. The van der Waals surface area contributed by atoms with Gasteiger partial charge >= 0.3 is 0 Å². The van der Waals surface area contributed by atoms with Gasteiger partial charge in [-0.25, -0.2) is 0 Å². The summed E-state index contributed by atoms with van der Waals surface area (Å²) >= 11 is 0. The van der Waals surface area contributed by atoms with Gasteiger partial charge in [0.2, 0.25) is 0 Å². The highest BCUT2D eigenvalue weighted by atomic mass is 14.4. The van der Waals surface area contributed by atoms with Crippen molar-refractivity contribution >= 4 is 0 Å². The predicted octanol–water partition coefficient (Wildman–Crippen LogP) is 5.51. The molecule has 3 unspecified atom stereocenters. The molecule has 3 rings (SSSR count). The average Bonchev–Trinajstić information content (AvgIpc) is 2.44. The van der Waals surface area contributed by atoms with Gasteiger partial charge in [0.25, 0.3) is 0 Å². The number of allylic oxidation sites excluding steroid dienone is 2. The van der Waals surface area contributed by atoms with E-state index >= 15 is 0 Å². The van der Waals surface area contributed by atoms with Gasteiger partial charge in [-0.3, -0.25) is 0 Å². The van der Waals surface area contributed by atoms with E-state index in [1.807, 2.05) is 0 Å². The molecule has 0 amide bonds. The fourth-order valence-electron chi connectivity index (χ4n) is 4.87. The zero-order valence-corrected chi connectivity index (χ0v) is 11.8. The second-order valence-corrected chi connectivity index (χ2v) is 7.00. The first kappa shape index (κ1) is 12.5. The quantitative estimate of drug-likeness (QED) is 0.534.